The van der Waals surface area contributed by atoms with E-state index in [9.17, 15) is 0 Å². The molecule has 0 aromatic carbocycles. The van der Waals surface area contributed by atoms with E-state index in [-0.39, 0.29) is 30.0 Å². The second-order valence-corrected chi connectivity index (χ2v) is 8.78. The minimum Gasteiger partial charge on any atom is -0.357 e. The molecule has 1 aliphatic heterocycles. The van der Waals surface area contributed by atoms with Gasteiger partial charge in [0.1, 0.15) is 0 Å². The smallest absolute Gasteiger partial charge is 0.191 e. The lowest BCUT2D eigenvalue weighted by molar-refractivity contribution is 0.255. The third-order valence-corrected chi connectivity index (χ3v) is 6.39. The number of likely N-dealkylation sites (N-methyl/N-ethyl adjacent to an activating group) is 1. The summed E-state index contributed by atoms with van der Waals surface area (Å²) in [4.78, 5) is 11.2. The monoisotopic (exact) mass is 545 g/mol. The predicted octanol–water partition coefficient (Wildman–Crippen LogP) is 3.09. The molecule has 7 nitrogen and oxygen atoms in total. The van der Waals surface area contributed by atoms with Crippen LogP contribution >= 0.6 is 35.3 Å². The van der Waals surface area contributed by atoms with Crippen molar-refractivity contribution in [1.29, 1.82) is 0 Å². The third-order valence-electron chi connectivity index (χ3n) is 5.42. The average Bonchev–Trinajstić information content (AvgIpc) is 3.45. The van der Waals surface area contributed by atoms with Crippen LogP contribution in [0.2, 0.25) is 0 Å². The fourth-order valence-electron chi connectivity index (χ4n) is 3.84. The molecule has 168 valence electrons. The minimum absolute atomic E-state index is 0. The van der Waals surface area contributed by atoms with Gasteiger partial charge < -0.3 is 15.5 Å². The van der Waals surface area contributed by atoms with Crippen LogP contribution < -0.4 is 10.6 Å². The van der Waals surface area contributed by atoms with Gasteiger partial charge in [-0.15, -0.1) is 35.3 Å². The van der Waals surface area contributed by atoms with Crippen molar-refractivity contribution >= 4 is 41.3 Å². The predicted molar refractivity (Wildman–Crippen MR) is 137 cm³/mol. The molecule has 0 saturated carbocycles. The fourth-order valence-corrected chi connectivity index (χ4v) is 4.70. The average molecular weight is 546 g/mol. The van der Waals surface area contributed by atoms with Gasteiger partial charge in [-0.1, -0.05) is 6.07 Å². The van der Waals surface area contributed by atoms with E-state index in [1.807, 2.05) is 29.3 Å². The molecule has 1 aliphatic rings. The van der Waals surface area contributed by atoms with Crippen LogP contribution in [0.15, 0.2) is 34.9 Å². The van der Waals surface area contributed by atoms with E-state index >= 15 is 0 Å². The van der Waals surface area contributed by atoms with Gasteiger partial charge in [-0.05, 0) is 58.4 Å². The van der Waals surface area contributed by atoms with Crippen LogP contribution in [0.3, 0.4) is 0 Å². The first kappa shape index (κ1) is 25.1. The highest BCUT2D eigenvalue weighted by Crippen LogP contribution is 2.28. The van der Waals surface area contributed by atoms with Crippen molar-refractivity contribution in [3.05, 3.63) is 40.3 Å². The molecule has 30 heavy (non-hydrogen) atoms. The number of likely N-dealkylation sites (tertiary alicyclic amines) is 1. The highest BCUT2D eigenvalue weighted by Gasteiger charge is 2.24. The SMILES string of the molecule is CCNC(=NCC(c1cccs1)N1CCCC1)NCC(c1cnn(C)c1)N(C)C.I. The van der Waals surface area contributed by atoms with E-state index in [2.05, 4.69) is 70.3 Å². The Morgan fingerprint density at radius 1 is 1.30 bits per heavy atom. The lowest BCUT2D eigenvalue weighted by atomic mass is 10.1. The Kier molecular flexibility index (Phi) is 10.6. The summed E-state index contributed by atoms with van der Waals surface area (Å²) in [5.41, 5.74) is 1.20. The van der Waals surface area contributed by atoms with E-state index in [0.717, 1.165) is 25.6 Å². The van der Waals surface area contributed by atoms with Gasteiger partial charge >= 0.3 is 0 Å². The van der Waals surface area contributed by atoms with Crippen molar-refractivity contribution in [2.24, 2.45) is 12.0 Å². The van der Waals surface area contributed by atoms with Gasteiger partial charge in [-0.25, -0.2) is 0 Å². The van der Waals surface area contributed by atoms with Crippen LogP contribution in [0.4, 0.5) is 0 Å². The second-order valence-electron chi connectivity index (χ2n) is 7.80. The van der Waals surface area contributed by atoms with Crippen LogP contribution in [0.1, 0.15) is 42.3 Å². The van der Waals surface area contributed by atoms with E-state index < -0.39 is 0 Å². The summed E-state index contributed by atoms with van der Waals surface area (Å²) in [7, 11) is 6.16. The summed E-state index contributed by atoms with van der Waals surface area (Å²) in [6.45, 7) is 6.85. The van der Waals surface area contributed by atoms with Crippen molar-refractivity contribution in [3.63, 3.8) is 0 Å². The molecule has 1 saturated heterocycles. The number of nitrogens with one attached hydrogen (secondary N) is 2. The zero-order valence-corrected chi connectivity index (χ0v) is 21.7. The van der Waals surface area contributed by atoms with Gasteiger partial charge in [0, 0.05) is 36.8 Å². The van der Waals surface area contributed by atoms with E-state index in [4.69, 9.17) is 4.99 Å². The first-order chi connectivity index (χ1) is 14.1. The minimum atomic E-state index is 0. The van der Waals surface area contributed by atoms with Crippen LogP contribution in [0.5, 0.6) is 0 Å². The molecule has 0 aliphatic carbocycles. The number of aryl methyl sites for hydroxylation is 1. The molecule has 2 atom stereocenters. The van der Waals surface area contributed by atoms with Gasteiger partial charge in [0.2, 0.25) is 0 Å². The molecule has 1 fully saturated rings. The molecule has 2 aromatic heterocycles. The normalized spacial score (nSPS) is 17.0. The maximum Gasteiger partial charge on any atom is 0.191 e. The van der Waals surface area contributed by atoms with Gasteiger partial charge in [0.15, 0.2) is 5.96 Å². The van der Waals surface area contributed by atoms with Crippen molar-refractivity contribution < 1.29 is 0 Å². The molecule has 3 heterocycles. The summed E-state index contributed by atoms with van der Waals surface area (Å²) >= 11 is 1.84. The molecular weight excluding hydrogens is 509 g/mol. The lowest BCUT2D eigenvalue weighted by Gasteiger charge is -2.27. The van der Waals surface area contributed by atoms with Crippen molar-refractivity contribution in [2.75, 3.05) is 46.8 Å². The number of guanidine groups is 1. The maximum atomic E-state index is 4.96. The Morgan fingerprint density at radius 2 is 2.07 bits per heavy atom. The molecule has 0 spiro atoms. The number of nitrogens with zero attached hydrogens (tertiary/aromatic N) is 5. The highest BCUT2D eigenvalue weighted by atomic mass is 127. The quantitative estimate of drug-likeness (QED) is 0.288. The first-order valence-electron chi connectivity index (χ1n) is 10.5. The van der Waals surface area contributed by atoms with Crippen LogP contribution in [-0.4, -0.2) is 72.4 Å². The summed E-state index contributed by atoms with van der Waals surface area (Å²) in [5.74, 6) is 0.879. The second kappa shape index (κ2) is 12.6. The topological polar surface area (TPSA) is 60.7 Å². The highest BCUT2D eigenvalue weighted by molar-refractivity contribution is 14.0. The number of hydrogen-bond acceptors (Lipinski definition) is 5. The molecule has 0 radical (unpaired) electrons. The Balaban J connectivity index is 0.00000320. The molecule has 0 bridgehead atoms. The Hall–Kier alpha value is -1.17. The van der Waals surface area contributed by atoms with Crippen molar-refractivity contribution in [2.45, 2.75) is 31.8 Å². The van der Waals surface area contributed by atoms with E-state index in [1.165, 1.54) is 36.4 Å². The zero-order valence-electron chi connectivity index (χ0n) is 18.5. The molecule has 2 N–H and O–H groups in total. The molecule has 3 rings (SSSR count). The Labute approximate surface area is 201 Å². The number of rotatable bonds is 9. The van der Waals surface area contributed by atoms with E-state index in [0.29, 0.717) is 6.04 Å². The summed E-state index contributed by atoms with van der Waals surface area (Å²) < 4.78 is 1.85. The molecule has 2 aromatic rings. The van der Waals surface area contributed by atoms with Gasteiger partial charge in [-0.3, -0.25) is 14.6 Å². The van der Waals surface area contributed by atoms with Crippen LogP contribution in [0.25, 0.3) is 0 Å². The third kappa shape index (κ3) is 6.93. The number of aliphatic imine (C=N–C) groups is 1. The standard InChI is InChI=1S/C21H35N7S.HI/c1-5-22-21(23-14-18(26(2)3)17-13-25-27(4)16-17)24-15-19(20-9-8-12-29-20)28-10-6-7-11-28;/h8-9,12-13,16,18-19H,5-7,10-11,14-15H2,1-4H3,(H2,22,23,24);1H. The molecule has 9 heteroatoms. The Morgan fingerprint density at radius 3 is 2.63 bits per heavy atom. The van der Waals surface area contributed by atoms with Gasteiger partial charge in [0.25, 0.3) is 0 Å². The van der Waals surface area contributed by atoms with Crippen molar-refractivity contribution in [3.8, 4) is 0 Å². The van der Waals surface area contributed by atoms with Gasteiger partial charge in [-0.2, -0.15) is 5.10 Å². The molecular formula is C21H36IN7S. The molecule has 2 unspecified atom stereocenters. The van der Waals surface area contributed by atoms with Gasteiger partial charge in [0.05, 0.1) is 24.8 Å². The maximum absolute atomic E-state index is 4.96. The number of thiophene rings is 1. The number of aromatic nitrogens is 2. The van der Waals surface area contributed by atoms with Crippen LogP contribution in [-0.2, 0) is 7.05 Å². The lowest BCUT2D eigenvalue weighted by Crippen LogP contribution is -2.42. The summed E-state index contributed by atoms with van der Waals surface area (Å²) in [6.07, 6.45) is 6.60. The number of hydrogen-bond donors (Lipinski definition) is 2. The van der Waals surface area contributed by atoms with Crippen LogP contribution in [0, 0.1) is 0 Å². The van der Waals surface area contributed by atoms with Crippen molar-refractivity contribution in [1.82, 2.24) is 30.2 Å². The fraction of sp³-hybridized carbons (Fsp3) is 0.619. The zero-order chi connectivity index (χ0) is 20.6. The molecule has 0 amide bonds. The number of halogens is 1. The summed E-state index contributed by atoms with van der Waals surface area (Å²) in [6, 6.07) is 5.00. The Bertz CT molecular complexity index is 753. The largest absolute Gasteiger partial charge is 0.357 e. The van der Waals surface area contributed by atoms with E-state index in [1.54, 1.807) is 0 Å². The first-order valence-corrected chi connectivity index (χ1v) is 11.4. The summed E-state index contributed by atoms with van der Waals surface area (Å²) in [5, 5.41) is 13.5.